The van der Waals surface area contributed by atoms with Gasteiger partial charge in [-0.1, -0.05) is 25.1 Å². The first-order chi connectivity index (χ1) is 15.1. The van der Waals surface area contributed by atoms with Gasteiger partial charge >= 0.3 is 0 Å². The first-order valence-corrected chi connectivity index (χ1v) is 11.7. The maximum absolute atomic E-state index is 16.2. The maximum atomic E-state index is 16.2. The molecular weight excluding hydrogens is 409 g/mol. The Labute approximate surface area is 188 Å². The standard InChI is InChI=1S/C25H34FN3O3/c1-23-10-9-18-22(31)24(26)13-16(30)4-3-15(24)8-11-25(18,32)21(23)7-5-17(23)14-2-6-19(27)20(12-14)29-28/h2,5-6,9,12,15-16,21-22,29-32H,3-4,7-8,10-11,13,27-28H2,1H3/t15?,16?,21?,22?,23?,24?,25-/m1/s1. The molecule has 0 aromatic heterocycles. The van der Waals surface area contributed by atoms with Crippen molar-refractivity contribution in [3.63, 3.8) is 0 Å². The van der Waals surface area contributed by atoms with Crippen LogP contribution in [-0.4, -0.2) is 38.8 Å². The van der Waals surface area contributed by atoms with Crippen molar-refractivity contribution in [3.05, 3.63) is 41.5 Å². The summed E-state index contributed by atoms with van der Waals surface area (Å²) < 4.78 is 16.2. The molecule has 2 fully saturated rings. The third kappa shape index (κ3) is 2.91. The highest BCUT2D eigenvalue weighted by atomic mass is 19.1. The fourth-order valence-corrected chi connectivity index (χ4v) is 7.19. The van der Waals surface area contributed by atoms with E-state index in [1.807, 2.05) is 24.3 Å². The van der Waals surface area contributed by atoms with Crippen molar-refractivity contribution in [2.24, 2.45) is 23.1 Å². The van der Waals surface area contributed by atoms with Crippen molar-refractivity contribution in [1.29, 1.82) is 0 Å². The number of aliphatic hydroxyl groups excluding tert-OH is 2. The molecule has 0 aliphatic heterocycles. The smallest absolute Gasteiger partial charge is 0.145 e. The molecule has 6 nitrogen and oxygen atoms in total. The van der Waals surface area contributed by atoms with Crippen molar-refractivity contribution < 1.29 is 19.7 Å². The topological polar surface area (TPSA) is 125 Å². The number of nitrogens with one attached hydrogen (secondary N) is 1. The summed E-state index contributed by atoms with van der Waals surface area (Å²) in [6.07, 6.45) is 5.04. The van der Waals surface area contributed by atoms with Crippen molar-refractivity contribution in [3.8, 4) is 0 Å². The van der Waals surface area contributed by atoms with Gasteiger partial charge in [0.25, 0.3) is 0 Å². The van der Waals surface area contributed by atoms with Gasteiger partial charge in [-0.3, -0.25) is 5.84 Å². The fourth-order valence-electron chi connectivity index (χ4n) is 7.19. The highest BCUT2D eigenvalue weighted by molar-refractivity contribution is 5.79. The lowest BCUT2D eigenvalue weighted by atomic mass is 9.57. The number of allylic oxidation sites excluding steroid dienone is 3. The van der Waals surface area contributed by atoms with Crippen LogP contribution in [-0.2, 0) is 0 Å². The van der Waals surface area contributed by atoms with Gasteiger partial charge in [0.1, 0.15) is 11.8 Å². The van der Waals surface area contributed by atoms with Gasteiger partial charge in [0, 0.05) is 17.8 Å². The molecule has 2 saturated carbocycles. The summed E-state index contributed by atoms with van der Waals surface area (Å²) in [5, 5.41) is 33.4. The molecule has 7 heteroatoms. The molecule has 1 aromatic carbocycles. The van der Waals surface area contributed by atoms with Gasteiger partial charge in [0.15, 0.2) is 0 Å². The molecule has 0 saturated heterocycles. The SMILES string of the molecule is CC12CC=C3C(O)C4(F)CC(O)CCC4CC[C@]3(O)C1CC=C2c1ccc(N)c(NN)c1. The molecule has 0 spiro atoms. The summed E-state index contributed by atoms with van der Waals surface area (Å²) in [5.74, 6) is 5.10. The monoisotopic (exact) mass is 443 g/mol. The second-order valence-corrected chi connectivity index (χ2v) is 10.6. The number of nitrogens with two attached hydrogens (primary N) is 2. The highest BCUT2D eigenvalue weighted by Crippen LogP contribution is 2.63. The molecule has 1 aromatic rings. The second-order valence-electron chi connectivity index (χ2n) is 10.6. The summed E-state index contributed by atoms with van der Waals surface area (Å²) in [4.78, 5) is 0. The summed E-state index contributed by atoms with van der Waals surface area (Å²) >= 11 is 0. The zero-order chi connectivity index (χ0) is 22.9. The summed E-state index contributed by atoms with van der Waals surface area (Å²) in [7, 11) is 0. The van der Waals surface area contributed by atoms with E-state index in [0.29, 0.717) is 55.5 Å². The van der Waals surface area contributed by atoms with Gasteiger partial charge in [-0.05, 0) is 73.3 Å². The minimum Gasteiger partial charge on any atom is -0.397 e. The molecule has 5 rings (SSSR count). The van der Waals surface area contributed by atoms with Crippen molar-refractivity contribution >= 4 is 16.9 Å². The largest absolute Gasteiger partial charge is 0.397 e. The van der Waals surface area contributed by atoms with Crippen molar-refractivity contribution in [2.45, 2.75) is 75.3 Å². The lowest BCUT2D eigenvalue weighted by molar-refractivity contribution is -0.0963. The van der Waals surface area contributed by atoms with Gasteiger partial charge in [-0.25, -0.2) is 4.39 Å². The van der Waals surface area contributed by atoms with Crippen LogP contribution in [0.5, 0.6) is 0 Å². The van der Waals surface area contributed by atoms with Crippen LogP contribution in [0.15, 0.2) is 35.9 Å². The van der Waals surface area contributed by atoms with Crippen LogP contribution in [0.2, 0.25) is 0 Å². The zero-order valence-corrected chi connectivity index (χ0v) is 18.5. The van der Waals surface area contributed by atoms with E-state index in [9.17, 15) is 15.3 Å². The molecule has 8 N–H and O–H groups in total. The minimum absolute atomic E-state index is 0.0714. The molecule has 4 aliphatic rings. The Kier molecular flexibility index (Phi) is 4.98. The second kappa shape index (κ2) is 7.29. The number of hydrogen-bond acceptors (Lipinski definition) is 6. The highest BCUT2D eigenvalue weighted by Gasteiger charge is 2.62. The van der Waals surface area contributed by atoms with E-state index in [1.165, 1.54) is 0 Å². The zero-order valence-electron chi connectivity index (χ0n) is 18.5. The minimum atomic E-state index is -1.89. The molecule has 0 amide bonds. The van der Waals surface area contributed by atoms with Crippen LogP contribution in [0.1, 0.15) is 57.4 Å². The Morgan fingerprint density at radius 2 is 1.94 bits per heavy atom. The Morgan fingerprint density at radius 3 is 2.69 bits per heavy atom. The number of alkyl halides is 1. The number of hydrazine groups is 1. The van der Waals surface area contributed by atoms with Crippen molar-refractivity contribution in [2.75, 3.05) is 11.2 Å². The molecule has 0 heterocycles. The molecular formula is C25H34FN3O3. The average Bonchev–Trinajstić information content (AvgIpc) is 3.08. The van der Waals surface area contributed by atoms with Crippen LogP contribution in [0.3, 0.4) is 0 Å². The quantitative estimate of drug-likeness (QED) is 0.181. The van der Waals surface area contributed by atoms with E-state index in [0.717, 1.165) is 11.1 Å². The van der Waals surface area contributed by atoms with E-state index < -0.39 is 23.5 Å². The predicted octanol–water partition coefficient (Wildman–Crippen LogP) is 3.05. The molecule has 6 unspecified atom stereocenters. The first kappa shape index (κ1) is 21.9. The third-order valence-corrected chi connectivity index (χ3v) is 8.98. The Morgan fingerprint density at radius 1 is 1.16 bits per heavy atom. The molecule has 4 aliphatic carbocycles. The van der Waals surface area contributed by atoms with Crippen LogP contribution in [0.25, 0.3) is 5.57 Å². The Bertz CT molecular complexity index is 997. The molecule has 0 bridgehead atoms. The Hall–Kier alpha value is -1.93. The predicted molar refractivity (Wildman–Crippen MR) is 123 cm³/mol. The van der Waals surface area contributed by atoms with Crippen molar-refractivity contribution in [1.82, 2.24) is 0 Å². The number of fused-ring (bicyclic) bond motifs is 4. The van der Waals surface area contributed by atoms with Gasteiger partial charge in [-0.15, -0.1) is 0 Å². The average molecular weight is 444 g/mol. The van der Waals surface area contributed by atoms with Crippen LogP contribution in [0, 0.1) is 17.3 Å². The molecule has 7 atom stereocenters. The lowest BCUT2D eigenvalue weighted by Crippen LogP contribution is -2.55. The van der Waals surface area contributed by atoms with Crippen LogP contribution in [0.4, 0.5) is 15.8 Å². The molecule has 32 heavy (non-hydrogen) atoms. The number of aliphatic hydroxyl groups is 3. The summed E-state index contributed by atoms with van der Waals surface area (Å²) in [6, 6.07) is 5.71. The fraction of sp³-hybridized carbons (Fsp3) is 0.600. The van der Waals surface area contributed by atoms with E-state index >= 15 is 4.39 Å². The summed E-state index contributed by atoms with van der Waals surface area (Å²) in [5.41, 5.74) is 8.82. The summed E-state index contributed by atoms with van der Waals surface area (Å²) in [6.45, 7) is 2.15. The van der Waals surface area contributed by atoms with Gasteiger partial charge < -0.3 is 26.5 Å². The number of rotatable bonds is 2. The van der Waals surface area contributed by atoms with Gasteiger partial charge in [0.2, 0.25) is 0 Å². The lowest BCUT2D eigenvalue weighted by Gasteiger charge is -2.50. The van der Waals surface area contributed by atoms with E-state index in [1.54, 1.807) is 0 Å². The maximum Gasteiger partial charge on any atom is 0.145 e. The van der Waals surface area contributed by atoms with Crippen LogP contribution < -0.4 is 17.0 Å². The van der Waals surface area contributed by atoms with E-state index in [-0.39, 0.29) is 23.7 Å². The number of anilines is 2. The number of benzene rings is 1. The molecule has 0 radical (unpaired) electrons. The third-order valence-electron chi connectivity index (χ3n) is 8.98. The van der Waals surface area contributed by atoms with Gasteiger partial charge in [-0.2, -0.15) is 0 Å². The first-order valence-electron chi connectivity index (χ1n) is 11.7. The van der Waals surface area contributed by atoms with Crippen LogP contribution >= 0.6 is 0 Å². The Balaban J connectivity index is 1.54. The van der Waals surface area contributed by atoms with E-state index in [4.69, 9.17) is 11.6 Å². The molecule has 174 valence electrons. The van der Waals surface area contributed by atoms with Gasteiger partial charge in [0.05, 0.1) is 23.1 Å². The number of nitrogen functional groups attached to an aromatic ring is 2. The van der Waals surface area contributed by atoms with E-state index in [2.05, 4.69) is 18.4 Å². The number of hydrogen-bond donors (Lipinski definition) is 6. The number of halogens is 1. The normalized spacial score (nSPS) is 43.3.